The summed E-state index contributed by atoms with van der Waals surface area (Å²) in [4.78, 5) is 8.52. The van der Waals surface area contributed by atoms with Crippen molar-refractivity contribution in [2.24, 2.45) is 0 Å². The predicted octanol–water partition coefficient (Wildman–Crippen LogP) is 6.25. The number of hydrogen-bond acceptors (Lipinski definition) is 9. The second-order valence-electron chi connectivity index (χ2n) is 8.56. The number of aromatic nitrogens is 4. The second-order valence-corrected chi connectivity index (χ2v) is 8.56. The largest absolute Gasteiger partial charge is 0.493 e. The Kier molecular flexibility index (Phi) is 6.57. The molecule has 39 heavy (non-hydrogen) atoms. The first kappa shape index (κ1) is 24.1. The first-order valence-electron chi connectivity index (χ1n) is 12.1. The zero-order chi connectivity index (χ0) is 26.6. The van der Waals surface area contributed by atoms with Crippen molar-refractivity contribution in [3.8, 4) is 46.0 Å². The summed E-state index contributed by atoms with van der Waals surface area (Å²) < 4.78 is 36.0. The van der Waals surface area contributed by atoms with E-state index in [1.807, 2.05) is 61.7 Å². The molecule has 0 atom stereocenters. The van der Waals surface area contributed by atoms with Gasteiger partial charge < -0.3 is 27.5 Å². The fourth-order valence-electron chi connectivity index (χ4n) is 3.98. The van der Waals surface area contributed by atoms with Crippen LogP contribution < -0.4 is 14.2 Å². The maximum Gasteiger partial charge on any atom is 0.263 e. The van der Waals surface area contributed by atoms with Gasteiger partial charge in [0.25, 0.3) is 5.89 Å². The minimum absolute atomic E-state index is 0.208. The summed E-state index contributed by atoms with van der Waals surface area (Å²) >= 11 is 0. The second kappa shape index (κ2) is 10.6. The third-order valence-corrected chi connectivity index (χ3v) is 5.99. The average Bonchev–Trinajstić information content (AvgIpc) is 3.78. The Bertz CT molecular complexity index is 1650. The number of furan rings is 1. The minimum atomic E-state index is 0.208. The first-order valence-corrected chi connectivity index (χ1v) is 12.1. The van der Waals surface area contributed by atoms with E-state index in [-0.39, 0.29) is 13.2 Å². The van der Waals surface area contributed by atoms with E-state index in [1.54, 1.807) is 36.4 Å². The molecule has 6 rings (SSSR count). The molecule has 0 saturated heterocycles. The minimum Gasteiger partial charge on any atom is -0.493 e. The smallest absolute Gasteiger partial charge is 0.263 e. The number of nitrogens with zero attached hydrogens (tertiary/aromatic N) is 4. The molecule has 196 valence electrons. The van der Waals surface area contributed by atoms with Crippen LogP contribution in [-0.4, -0.2) is 26.9 Å². The van der Waals surface area contributed by atoms with E-state index in [0.717, 1.165) is 11.3 Å². The summed E-state index contributed by atoms with van der Waals surface area (Å²) in [6.07, 6.45) is 6.43. The summed E-state index contributed by atoms with van der Waals surface area (Å²) in [7, 11) is 1.59. The molecule has 4 aromatic heterocycles. The Hall–Kier alpha value is -5.25. The van der Waals surface area contributed by atoms with Crippen LogP contribution in [0.15, 0.2) is 99.0 Å². The lowest BCUT2D eigenvalue weighted by Crippen LogP contribution is -2.02. The van der Waals surface area contributed by atoms with E-state index >= 15 is 0 Å². The summed E-state index contributed by atoms with van der Waals surface area (Å²) in [5, 5.41) is 4.63. The molecular weight excluding hydrogens is 500 g/mol. The Morgan fingerprint density at radius 2 is 1.79 bits per heavy atom. The highest BCUT2D eigenvalue weighted by Gasteiger charge is 2.18. The normalized spacial score (nSPS) is 11.0. The Labute approximate surface area is 223 Å². The molecule has 10 heteroatoms. The van der Waals surface area contributed by atoms with Gasteiger partial charge in [0.05, 0.1) is 25.3 Å². The van der Waals surface area contributed by atoms with Crippen LogP contribution in [0.4, 0.5) is 0 Å². The Morgan fingerprint density at radius 1 is 0.897 bits per heavy atom. The molecule has 0 unspecified atom stereocenters. The van der Waals surface area contributed by atoms with Gasteiger partial charge in [-0.1, -0.05) is 24.3 Å². The average molecular weight is 525 g/mol. The molecule has 0 bridgehead atoms. The fourth-order valence-corrected chi connectivity index (χ4v) is 3.98. The number of hydrogen-bond donors (Lipinski definition) is 0. The van der Waals surface area contributed by atoms with Crippen LogP contribution in [-0.2, 0) is 13.2 Å². The number of benzene rings is 2. The van der Waals surface area contributed by atoms with Crippen LogP contribution in [0, 0.1) is 6.92 Å². The SMILES string of the molecule is COc1cc(COc2nn(-c3ccccc3)cc2-c2cnco2)ccc1OCc1nc(-c2ccco2)oc1C. The van der Waals surface area contributed by atoms with Gasteiger partial charge in [0, 0.05) is 6.20 Å². The van der Waals surface area contributed by atoms with Gasteiger partial charge in [0.1, 0.15) is 30.2 Å². The van der Waals surface area contributed by atoms with Gasteiger partial charge in [0.15, 0.2) is 29.4 Å². The van der Waals surface area contributed by atoms with Crippen LogP contribution in [0.2, 0.25) is 0 Å². The van der Waals surface area contributed by atoms with Crippen LogP contribution in [0.25, 0.3) is 28.7 Å². The molecule has 6 aromatic rings. The topological polar surface area (TPSA) is 111 Å². The van der Waals surface area contributed by atoms with Crippen LogP contribution in [0.5, 0.6) is 17.4 Å². The third-order valence-electron chi connectivity index (χ3n) is 5.99. The summed E-state index contributed by atoms with van der Waals surface area (Å²) in [5.74, 6) is 3.74. The maximum atomic E-state index is 6.12. The molecule has 4 heterocycles. The number of aryl methyl sites for hydroxylation is 1. The molecule has 10 nitrogen and oxygen atoms in total. The van der Waals surface area contributed by atoms with E-state index in [1.165, 1.54) is 6.39 Å². The molecule has 2 aromatic carbocycles. The van der Waals surface area contributed by atoms with Gasteiger partial charge in [0.2, 0.25) is 5.88 Å². The summed E-state index contributed by atoms with van der Waals surface area (Å²) in [6.45, 7) is 2.29. The van der Waals surface area contributed by atoms with Gasteiger partial charge in [-0.2, -0.15) is 0 Å². The third kappa shape index (κ3) is 5.12. The lowest BCUT2D eigenvalue weighted by atomic mass is 10.2. The van der Waals surface area contributed by atoms with E-state index in [0.29, 0.717) is 51.8 Å². The van der Waals surface area contributed by atoms with Crippen LogP contribution >= 0.6 is 0 Å². The quantitative estimate of drug-likeness (QED) is 0.205. The van der Waals surface area contributed by atoms with Crippen molar-refractivity contribution in [1.82, 2.24) is 19.7 Å². The number of oxazole rings is 2. The molecule has 0 aliphatic rings. The molecule has 0 fully saturated rings. The zero-order valence-corrected chi connectivity index (χ0v) is 21.2. The van der Waals surface area contributed by atoms with Crippen molar-refractivity contribution in [2.45, 2.75) is 20.1 Å². The molecule has 0 aliphatic heterocycles. The number of methoxy groups -OCH3 is 1. The van der Waals surface area contributed by atoms with Gasteiger partial charge >= 0.3 is 0 Å². The summed E-state index contributed by atoms with van der Waals surface area (Å²) in [5.41, 5.74) is 3.13. The van der Waals surface area contributed by atoms with E-state index < -0.39 is 0 Å². The van der Waals surface area contributed by atoms with Crippen molar-refractivity contribution in [3.05, 3.63) is 103 Å². The highest BCUT2D eigenvalue weighted by molar-refractivity contribution is 5.62. The van der Waals surface area contributed by atoms with E-state index in [4.69, 9.17) is 27.5 Å². The lowest BCUT2D eigenvalue weighted by molar-refractivity contribution is 0.275. The lowest BCUT2D eigenvalue weighted by Gasteiger charge is -2.12. The standard InChI is InChI=1S/C29H24N4O6/c1-19-23(31-29(39-19)25-9-6-12-35-25)17-36-24-11-10-20(13-26(24)34-2)16-37-28-22(27-14-30-18-38-27)15-33(32-28)21-7-4-3-5-8-21/h3-15,18H,16-17H2,1-2H3. The summed E-state index contributed by atoms with van der Waals surface area (Å²) in [6, 6.07) is 18.9. The molecule has 0 radical (unpaired) electrons. The molecular formula is C29H24N4O6. The Morgan fingerprint density at radius 3 is 2.56 bits per heavy atom. The number of rotatable bonds is 10. The zero-order valence-electron chi connectivity index (χ0n) is 21.2. The van der Waals surface area contributed by atoms with Gasteiger partial charge in [-0.05, 0) is 48.9 Å². The maximum absolute atomic E-state index is 6.12. The molecule has 0 aliphatic carbocycles. The molecule has 0 saturated carbocycles. The Balaban J connectivity index is 1.17. The fraction of sp³-hybridized carbons (Fsp3) is 0.138. The van der Waals surface area contributed by atoms with Crippen molar-refractivity contribution < 1.29 is 27.5 Å². The van der Waals surface area contributed by atoms with Crippen molar-refractivity contribution >= 4 is 0 Å². The molecule has 0 spiro atoms. The van der Waals surface area contributed by atoms with E-state index in [2.05, 4.69) is 15.1 Å². The monoisotopic (exact) mass is 524 g/mol. The van der Waals surface area contributed by atoms with Crippen LogP contribution in [0.1, 0.15) is 17.0 Å². The molecule has 0 amide bonds. The highest BCUT2D eigenvalue weighted by atomic mass is 16.5. The first-order chi connectivity index (χ1) is 19.2. The van der Waals surface area contributed by atoms with Gasteiger partial charge in [-0.25, -0.2) is 14.6 Å². The van der Waals surface area contributed by atoms with Gasteiger partial charge in [-0.15, -0.1) is 5.10 Å². The van der Waals surface area contributed by atoms with Crippen molar-refractivity contribution in [2.75, 3.05) is 7.11 Å². The molecule has 0 N–H and O–H groups in total. The number of ether oxygens (including phenoxy) is 3. The van der Waals surface area contributed by atoms with Crippen molar-refractivity contribution in [1.29, 1.82) is 0 Å². The van der Waals surface area contributed by atoms with Gasteiger partial charge in [-0.3, -0.25) is 0 Å². The van der Waals surface area contributed by atoms with Crippen LogP contribution in [0.3, 0.4) is 0 Å². The van der Waals surface area contributed by atoms with E-state index in [9.17, 15) is 0 Å². The number of para-hydroxylation sites is 1. The van der Waals surface area contributed by atoms with Crippen molar-refractivity contribution in [3.63, 3.8) is 0 Å². The predicted molar refractivity (Wildman–Crippen MR) is 140 cm³/mol. The highest BCUT2D eigenvalue weighted by Crippen LogP contribution is 2.33.